The molecule has 27 heavy (non-hydrogen) atoms. The number of nitrogens with zero attached hydrogens (tertiary/aromatic N) is 1. The normalized spacial score (nSPS) is 10.9. The van der Waals surface area contributed by atoms with Gasteiger partial charge >= 0.3 is 5.97 Å². The predicted octanol–water partition coefficient (Wildman–Crippen LogP) is 4.05. The Kier molecular flexibility index (Phi) is 6.73. The molecule has 0 aromatic heterocycles. The number of nitriles is 1. The maximum atomic E-state index is 12.3. The van der Waals surface area contributed by atoms with E-state index >= 15 is 0 Å². The van der Waals surface area contributed by atoms with E-state index in [1.807, 2.05) is 18.2 Å². The van der Waals surface area contributed by atoms with Crippen LogP contribution in [0.5, 0.6) is 0 Å². The van der Waals surface area contributed by atoms with Gasteiger partial charge < -0.3 is 15.4 Å². The van der Waals surface area contributed by atoms with Gasteiger partial charge in [0, 0.05) is 17.6 Å². The summed E-state index contributed by atoms with van der Waals surface area (Å²) in [5.74, 6) is -0.537. The Morgan fingerprint density at radius 3 is 2.15 bits per heavy atom. The molecule has 0 aliphatic carbocycles. The van der Waals surface area contributed by atoms with Crippen molar-refractivity contribution in [2.24, 2.45) is 0 Å². The Morgan fingerprint density at radius 2 is 1.63 bits per heavy atom. The molecule has 0 saturated carbocycles. The van der Waals surface area contributed by atoms with E-state index in [9.17, 15) is 14.9 Å². The molecule has 6 heteroatoms. The van der Waals surface area contributed by atoms with Crippen molar-refractivity contribution in [1.29, 1.82) is 5.26 Å². The van der Waals surface area contributed by atoms with Crippen molar-refractivity contribution in [3.63, 3.8) is 0 Å². The lowest BCUT2D eigenvalue weighted by molar-refractivity contribution is -0.112. The maximum absolute atomic E-state index is 12.3. The smallest absolute Gasteiger partial charge is 0.337 e. The van der Waals surface area contributed by atoms with Crippen molar-refractivity contribution in [2.75, 3.05) is 17.7 Å². The highest BCUT2D eigenvalue weighted by molar-refractivity contribution is 6.06. The van der Waals surface area contributed by atoms with Gasteiger partial charge in [0.25, 0.3) is 5.91 Å². The molecule has 2 aromatic rings. The van der Waals surface area contributed by atoms with Crippen LogP contribution in [0, 0.1) is 11.3 Å². The Balaban J connectivity index is 2.03. The number of benzene rings is 2. The van der Waals surface area contributed by atoms with Crippen molar-refractivity contribution in [2.45, 2.75) is 19.8 Å². The molecule has 138 valence electrons. The quantitative estimate of drug-likeness (QED) is 0.459. The van der Waals surface area contributed by atoms with Gasteiger partial charge in [-0.25, -0.2) is 4.79 Å². The summed E-state index contributed by atoms with van der Waals surface area (Å²) in [7, 11) is 1.31. The van der Waals surface area contributed by atoms with Crippen LogP contribution in [0.3, 0.4) is 0 Å². The highest BCUT2D eigenvalue weighted by Crippen LogP contribution is 2.17. The summed E-state index contributed by atoms with van der Waals surface area (Å²) in [4.78, 5) is 23.7. The standard InChI is InChI=1S/C21H21N3O3/c1-14(2)15-4-10-19(11-5-15)24-20(25)17(12-22)13-23-18-8-6-16(7-9-18)21(26)27-3/h4-11,13-14,23H,1-3H3,(H,24,25)/b17-13-. The van der Waals surface area contributed by atoms with Gasteiger partial charge in [-0.15, -0.1) is 0 Å². The van der Waals surface area contributed by atoms with Gasteiger partial charge in [0.2, 0.25) is 0 Å². The summed E-state index contributed by atoms with van der Waals surface area (Å²) in [6.07, 6.45) is 1.32. The number of ether oxygens (including phenoxy) is 1. The van der Waals surface area contributed by atoms with E-state index in [4.69, 9.17) is 0 Å². The first-order valence-electron chi connectivity index (χ1n) is 8.41. The average Bonchev–Trinajstić information content (AvgIpc) is 2.68. The topological polar surface area (TPSA) is 91.2 Å². The Morgan fingerprint density at radius 1 is 1.04 bits per heavy atom. The van der Waals surface area contributed by atoms with E-state index in [2.05, 4.69) is 29.2 Å². The molecule has 2 rings (SSSR count). The predicted molar refractivity (Wildman–Crippen MR) is 104 cm³/mol. The van der Waals surface area contributed by atoms with Crippen LogP contribution in [0.15, 0.2) is 60.3 Å². The molecule has 0 heterocycles. The number of esters is 1. The second kappa shape index (κ2) is 9.20. The molecular weight excluding hydrogens is 342 g/mol. The first kappa shape index (κ1) is 19.7. The minimum Gasteiger partial charge on any atom is -0.465 e. The summed E-state index contributed by atoms with van der Waals surface area (Å²) in [6, 6.07) is 15.9. The molecule has 1 amide bonds. The molecule has 0 saturated heterocycles. The summed E-state index contributed by atoms with van der Waals surface area (Å²) in [6.45, 7) is 4.18. The van der Waals surface area contributed by atoms with Crippen LogP contribution in [-0.2, 0) is 9.53 Å². The van der Waals surface area contributed by atoms with E-state index < -0.39 is 11.9 Å². The second-order valence-corrected chi connectivity index (χ2v) is 6.11. The highest BCUT2D eigenvalue weighted by atomic mass is 16.5. The van der Waals surface area contributed by atoms with Crippen LogP contribution in [-0.4, -0.2) is 19.0 Å². The van der Waals surface area contributed by atoms with Gasteiger partial charge in [-0.05, 0) is 47.9 Å². The summed E-state index contributed by atoms with van der Waals surface area (Å²) in [5, 5.41) is 14.8. The van der Waals surface area contributed by atoms with Gasteiger partial charge in [-0.1, -0.05) is 26.0 Å². The van der Waals surface area contributed by atoms with Crippen molar-refractivity contribution in [1.82, 2.24) is 0 Å². The van der Waals surface area contributed by atoms with Crippen LogP contribution >= 0.6 is 0 Å². The molecule has 0 bridgehead atoms. The number of hydrogen-bond acceptors (Lipinski definition) is 5. The van der Waals surface area contributed by atoms with Crippen molar-refractivity contribution in [3.8, 4) is 6.07 Å². The monoisotopic (exact) mass is 363 g/mol. The molecule has 0 aliphatic rings. The Labute approximate surface area is 158 Å². The van der Waals surface area contributed by atoms with Gasteiger partial charge in [0.05, 0.1) is 12.7 Å². The van der Waals surface area contributed by atoms with E-state index in [1.54, 1.807) is 36.4 Å². The van der Waals surface area contributed by atoms with E-state index in [0.29, 0.717) is 22.9 Å². The Hall–Kier alpha value is -3.59. The SMILES string of the molecule is COC(=O)c1ccc(N/C=C(/C#N)C(=O)Nc2ccc(C(C)C)cc2)cc1. The first-order chi connectivity index (χ1) is 12.9. The fourth-order valence-corrected chi connectivity index (χ4v) is 2.27. The van der Waals surface area contributed by atoms with Crippen LogP contribution in [0.2, 0.25) is 0 Å². The lowest BCUT2D eigenvalue weighted by Gasteiger charge is -2.08. The zero-order chi connectivity index (χ0) is 19.8. The largest absolute Gasteiger partial charge is 0.465 e. The number of anilines is 2. The molecule has 0 unspecified atom stereocenters. The minimum atomic E-state index is -0.506. The number of nitrogens with one attached hydrogen (secondary N) is 2. The fraction of sp³-hybridized carbons (Fsp3) is 0.190. The summed E-state index contributed by atoms with van der Waals surface area (Å²) >= 11 is 0. The highest BCUT2D eigenvalue weighted by Gasteiger charge is 2.10. The maximum Gasteiger partial charge on any atom is 0.337 e. The van der Waals surface area contributed by atoms with Crippen LogP contribution in [0.25, 0.3) is 0 Å². The number of rotatable bonds is 6. The van der Waals surface area contributed by atoms with E-state index in [-0.39, 0.29) is 5.57 Å². The summed E-state index contributed by atoms with van der Waals surface area (Å²) in [5.41, 5.74) is 2.76. The van der Waals surface area contributed by atoms with Gasteiger partial charge in [-0.2, -0.15) is 5.26 Å². The third kappa shape index (κ3) is 5.44. The van der Waals surface area contributed by atoms with Crippen molar-refractivity contribution < 1.29 is 14.3 Å². The molecule has 0 radical (unpaired) electrons. The summed E-state index contributed by atoms with van der Waals surface area (Å²) < 4.78 is 4.63. The molecule has 0 aliphatic heterocycles. The molecule has 0 fully saturated rings. The van der Waals surface area contributed by atoms with Gasteiger partial charge in [0.1, 0.15) is 11.6 Å². The number of methoxy groups -OCH3 is 1. The van der Waals surface area contributed by atoms with Crippen molar-refractivity contribution in [3.05, 3.63) is 71.4 Å². The van der Waals surface area contributed by atoms with Crippen molar-refractivity contribution >= 4 is 23.3 Å². The third-order valence-electron chi connectivity index (χ3n) is 3.89. The van der Waals surface area contributed by atoms with E-state index in [0.717, 1.165) is 0 Å². The molecule has 2 N–H and O–H groups in total. The lowest BCUT2D eigenvalue weighted by Crippen LogP contribution is -2.14. The second-order valence-electron chi connectivity index (χ2n) is 6.11. The number of amides is 1. The van der Waals surface area contributed by atoms with Crippen LogP contribution in [0.1, 0.15) is 35.7 Å². The molecule has 2 aromatic carbocycles. The zero-order valence-electron chi connectivity index (χ0n) is 15.4. The zero-order valence-corrected chi connectivity index (χ0v) is 15.4. The molecule has 0 atom stereocenters. The first-order valence-corrected chi connectivity index (χ1v) is 8.41. The lowest BCUT2D eigenvalue weighted by atomic mass is 10.0. The minimum absolute atomic E-state index is 0.0695. The fourth-order valence-electron chi connectivity index (χ4n) is 2.27. The molecule has 6 nitrogen and oxygen atoms in total. The van der Waals surface area contributed by atoms with Gasteiger partial charge in [-0.3, -0.25) is 4.79 Å². The molecule has 0 spiro atoms. The number of carbonyl (C=O) groups excluding carboxylic acids is 2. The van der Waals surface area contributed by atoms with Gasteiger partial charge in [0.15, 0.2) is 0 Å². The van der Waals surface area contributed by atoms with Crippen LogP contribution < -0.4 is 10.6 Å². The third-order valence-corrected chi connectivity index (χ3v) is 3.89. The van der Waals surface area contributed by atoms with E-state index in [1.165, 1.54) is 18.9 Å². The number of carbonyl (C=O) groups is 2. The number of hydrogen-bond donors (Lipinski definition) is 2. The Bertz CT molecular complexity index is 876. The average molecular weight is 363 g/mol. The van der Waals surface area contributed by atoms with Crippen LogP contribution in [0.4, 0.5) is 11.4 Å². The molecular formula is C21H21N3O3.